The number of guanidine groups is 1. The van der Waals surface area contributed by atoms with Crippen molar-refractivity contribution in [3.05, 3.63) is 42.2 Å². The lowest BCUT2D eigenvalue weighted by Crippen LogP contribution is -2.42. The van der Waals surface area contributed by atoms with E-state index < -0.39 is 9.84 Å². The molecule has 1 heterocycles. The highest BCUT2D eigenvalue weighted by molar-refractivity contribution is 7.90. The van der Waals surface area contributed by atoms with Gasteiger partial charge < -0.3 is 15.4 Å². The molecular formula is C18H27N5O3S. The monoisotopic (exact) mass is 393 g/mol. The summed E-state index contributed by atoms with van der Waals surface area (Å²) in [7, 11) is 0.344. The zero-order valence-electron chi connectivity index (χ0n) is 16.1. The van der Waals surface area contributed by atoms with Crippen molar-refractivity contribution < 1.29 is 13.2 Å². The summed E-state index contributed by atoms with van der Waals surface area (Å²) in [5, 5.41) is 10.9. The Bertz CT molecular complexity index is 859. The molecule has 1 aromatic carbocycles. The Balaban J connectivity index is 1.88. The van der Waals surface area contributed by atoms with Crippen LogP contribution in [-0.4, -0.2) is 56.4 Å². The first kappa shape index (κ1) is 20.8. The van der Waals surface area contributed by atoms with Crippen molar-refractivity contribution in [1.82, 2.24) is 20.4 Å². The second kappa shape index (κ2) is 9.40. The van der Waals surface area contributed by atoms with Crippen LogP contribution in [0.4, 0.5) is 0 Å². The van der Waals surface area contributed by atoms with Crippen LogP contribution in [0.1, 0.15) is 19.0 Å². The van der Waals surface area contributed by atoms with E-state index in [-0.39, 0.29) is 11.8 Å². The lowest BCUT2D eigenvalue weighted by atomic mass is 10.3. The third-order valence-corrected chi connectivity index (χ3v) is 4.92. The van der Waals surface area contributed by atoms with Gasteiger partial charge in [0.15, 0.2) is 5.96 Å². The fourth-order valence-electron chi connectivity index (χ4n) is 2.40. The summed E-state index contributed by atoms with van der Waals surface area (Å²) < 4.78 is 29.5. The van der Waals surface area contributed by atoms with Crippen LogP contribution >= 0.6 is 0 Å². The van der Waals surface area contributed by atoms with Crippen molar-refractivity contribution in [3.8, 4) is 11.4 Å². The number of hydrogen-bond acceptors (Lipinski definition) is 5. The quantitative estimate of drug-likeness (QED) is 0.519. The van der Waals surface area contributed by atoms with Gasteiger partial charge in [-0.1, -0.05) is 0 Å². The molecule has 1 atom stereocenters. The van der Waals surface area contributed by atoms with Crippen LogP contribution in [-0.2, 0) is 16.4 Å². The molecule has 0 radical (unpaired) electrons. The van der Waals surface area contributed by atoms with Crippen molar-refractivity contribution in [1.29, 1.82) is 0 Å². The molecule has 0 aliphatic rings. The first-order valence-corrected chi connectivity index (χ1v) is 10.7. The smallest absolute Gasteiger partial charge is 0.191 e. The molecule has 9 heteroatoms. The molecule has 2 N–H and O–H groups in total. The normalized spacial score (nSPS) is 13.3. The summed E-state index contributed by atoms with van der Waals surface area (Å²) in [6.45, 7) is 2.43. The number of ether oxygens (including phenoxy) is 1. The Labute approximate surface area is 160 Å². The Morgan fingerprint density at radius 2 is 2.00 bits per heavy atom. The standard InChI is InChI=1S/C18H27N5O3S/c1-14(10-12-27(4,24)25)21-18(19-2)20-13-15-9-11-23(22-15)16-5-7-17(26-3)8-6-16/h5-9,11,14H,10,12-13H2,1-4H3,(H2,19,20,21). The first-order valence-electron chi connectivity index (χ1n) is 8.64. The lowest BCUT2D eigenvalue weighted by Gasteiger charge is -2.17. The van der Waals surface area contributed by atoms with E-state index in [1.807, 2.05) is 43.5 Å². The molecule has 0 aliphatic carbocycles. The molecule has 0 spiro atoms. The maximum atomic E-state index is 11.3. The topological polar surface area (TPSA) is 97.6 Å². The minimum atomic E-state index is -2.97. The van der Waals surface area contributed by atoms with Gasteiger partial charge in [-0.15, -0.1) is 0 Å². The molecular weight excluding hydrogens is 366 g/mol. The summed E-state index contributed by atoms with van der Waals surface area (Å²) in [6, 6.07) is 9.57. The summed E-state index contributed by atoms with van der Waals surface area (Å²) in [4.78, 5) is 4.17. The molecule has 27 heavy (non-hydrogen) atoms. The van der Waals surface area contributed by atoms with Gasteiger partial charge in [-0.3, -0.25) is 4.99 Å². The lowest BCUT2D eigenvalue weighted by molar-refractivity contribution is 0.414. The minimum absolute atomic E-state index is 0.0113. The second-order valence-electron chi connectivity index (χ2n) is 6.34. The van der Waals surface area contributed by atoms with Gasteiger partial charge in [0.2, 0.25) is 0 Å². The van der Waals surface area contributed by atoms with E-state index >= 15 is 0 Å². The van der Waals surface area contributed by atoms with E-state index in [4.69, 9.17) is 4.74 Å². The van der Waals surface area contributed by atoms with Gasteiger partial charge in [-0.25, -0.2) is 13.1 Å². The second-order valence-corrected chi connectivity index (χ2v) is 8.60. The van der Waals surface area contributed by atoms with Crippen LogP contribution in [0.25, 0.3) is 5.69 Å². The van der Waals surface area contributed by atoms with E-state index in [1.165, 1.54) is 6.26 Å². The maximum Gasteiger partial charge on any atom is 0.191 e. The third kappa shape index (κ3) is 6.93. The minimum Gasteiger partial charge on any atom is -0.497 e. The predicted octanol–water partition coefficient (Wildman–Crippen LogP) is 1.37. The number of aliphatic imine (C=N–C) groups is 1. The number of sulfone groups is 1. The van der Waals surface area contributed by atoms with Crippen molar-refractivity contribution in [2.24, 2.45) is 4.99 Å². The fourth-order valence-corrected chi connectivity index (χ4v) is 3.18. The van der Waals surface area contributed by atoms with E-state index in [0.29, 0.717) is 18.9 Å². The van der Waals surface area contributed by atoms with Gasteiger partial charge in [0.25, 0.3) is 0 Å². The van der Waals surface area contributed by atoms with Gasteiger partial charge in [-0.05, 0) is 43.7 Å². The summed E-state index contributed by atoms with van der Waals surface area (Å²) >= 11 is 0. The van der Waals surface area contributed by atoms with E-state index in [0.717, 1.165) is 17.1 Å². The Morgan fingerprint density at radius 3 is 2.59 bits per heavy atom. The molecule has 0 fully saturated rings. The number of nitrogens with one attached hydrogen (secondary N) is 2. The molecule has 1 aromatic heterocycles. The highest BCUT2D eigenvalue weighted by Crippen LogP contribution is 2.14. The number of methoxy groups -OCH3 is 1. The zero-order chi connectivity index (χ0) is 19.9. The molecule has 148 valence electrons. The Kier molecular flexibility index (Phi) is 7.23. The number of hydrogen-bond donors (Lipinski definition) is 2. The average molecular weight is 394 g/mol. The summed E-state index contributed by atoms with van der Waals surface area (Å²) in [5.74, 6) is 1.55. The SMILES string of the molecule is CN=C(NCc1ccn(-c2ccc(OC)cc2)n1)NC(C)CCS(C)(=O)=O. The highest BCUT2D eigenvalue weighted by Gasteiger charge is 2.10. The fraction of sp³-hybridized carbons (Fsp3) is 0.444. The van der Waals surface area contributed by atoms with E-state index in [9.17, 15) is 8.42 Å². The molecule has 0 amide bonds. The van der Waals surface area contributed by atoms with Crippen LogP contribution in [0.2, 0.25) is 0 Å². The molecule has 0 saturated carbocycles. The molecule has 1 unspecified atom stereocenters. The average Bonchev–Trinajstić information content (AvgIpc) is 3.12. The van der Waals surface area contributed by atoms with Crippen molar-refractivity contribution in [3.63, 3.8) is 0 Å². The molecule has 2 aromatic rings. The Hall–Kier alpha value is -2.55. The van der Waals surface area contributed by atoms with Crippen molar-refractivity contribution in [2.45, 2.75) is 25.9 Å². The van der Waals surface area contributed by atoms with Crippen molar-refractivity contribution >= 4 is 15.8 Å². The molecule has 8 nitrogen and oxygen atoms in total. The van der Waals surface area contributed by atoms with E-state index in [1.54, 1.807) is 18.8 Å². The third-order valence-electron chi connectivity index (χ3n) is 3.95. The number of rotatable bonds is 8. The molecule has 2 rings (SSSR count). The maximum absolute atomic E-state index is 11.3. The predicted molar refractivity (Wildman–Crippen MR) is 107 cm³/mol. The van der Waals surface area contributed by atoms with Crippen molar-refractivity contribution in [2.75, 3.05) is 26.2 Å². The highest BCUT2D eigenvalue weighted by atomic mass is 32.2. The van der Waals surface area contributed by atoms with Gasteiger partial charge in [0.1, 0.15) is 15.6 Å². The number of benzene rings is 1. The number of nitrogens with zero attached hydrogens (tertiary/aromatic N) is 3. The molecule has 0 bridgehead atoms. The van der Waals surface area contributed by atoms with Gasteiger partial charge in [-0.2, -0.15) is 5.10 Å². The van der Waals surface area contributed by atoms with Crippen LogP contribution in [0.5, 0.6) is 5.75 Å². The summed E-state index contributed by atoms with van der Waals surface area (Å²) in [5.41, 5.74) is 1.80. The molecule has 0 aliphatic heterocycles. The van der Waals surface area contributed by atoms with Crippen LogP contribution in [0.15, 0.2) is 41.5 Å². The molecule has 0 saturated heterocycles. The van der Waals surface area contributed by atoms with Gasteiger partial charge in [0.05, 0.1) is 30.8 Å². The summed E-state index contributed by atoms with van der Waals surface area (Å²) in [6.07, 6.45) is 3.65. The van der Waals surface area contributed by atoms with Crippen LogP contribution in [0, 0.1) is 0 Å². The van der Waals surface area contributed by atoms with Crippen LogP contribution < -0.4 is 15.4 Å². The van der Waals surface area contributed by atoms with E-state index in [2.05, 4.69) is 20.7 Å². The van der Waals surface area contributed by atoms with Gasteiger partial charge in [0, 0.05) is 25.5 Å². The number of aromatic nitrogens is 2. The van der Waals surface area contributed by atoms with Gasteiger partial charge >= 0.3 is 0 Å². The zero-order valence-corrected chi connectivity index (χ0v) is 17.0. The first-order chi connectivity index (χ1) is 12.8. The Morgan fingerprint density at radius 1 is 1.30 bits per heavy atom. The largest absolute Gasteiger partial charge is 0.497 e. The van der Waals surface area contributed by atoms with Crippen LogP contribution in [0.3, 0.4) is 0 Å².